The Morgan fingerprint density at radius 1 is 1.17 bits per heavy atom. The van der Waals surface area contributed by atoms with E-state index >= 15 is 0 Å². The summed E-state index contributed by atoms with van der Waals surface area (Å²) in [6.07, 6.45) is 1.69. The van der Waals surface area contributed by atoms with Crippen molar-refractivity contribution in [1.82, 2.24) is 9.80 Å². The molecule has 1 aliphatic heterocycles. The van der Waals surface area contributed by atoms with Gasteiger partial charge >= 0.3 is 0 Å². The fourth-order valence-corrected chi connectivity index (χ4v) is 5.28. The van der Waals surface area contributed by atoms with Gasteiger partial charge in [0, 0.05) is 29.6 Å². The lowest BCUT2D eigenvalue weighted by atomic mass is 10.00. The zero-order valence-electron chi connectivity index (χ0n) is 20.2. The van der Waals surface area contributed by atoms with Gasteiger partial charge < -0.3 is 14.5 Å². The summed E-state index contributed by atoms with van der Waals surface area (Å²) in [4.78, 5) is 31.7. The molecule has 0 saturated heterocycles. The van der Waals surface area contributed by atoms with Gasteiger partial charge in [-0.1, -0.05) is 44.5 Å². The van der Waals surface area contributed by atoms with Gasteiger partial charge in [0.05, 0.1) is 6.04 Å². The molecule has 5 nitrogen and oxygen atoms in total. The Kier molecular flexibility index (Phi) is 8.18. The van der Waals surface area contributed by atoms with Crippen molar-refractivity contribution < 1.29 is 18.7 Å². The van der Waals surface area contributed by atoms with E-state index in [1.54, 1.807) is 40.5 Å². The number of carbonyl (C=O) groups is 2. The number of benzene rings is 2. The molecule has 1 aromatic heterocycles. The van der Waals surface area contributed by atoms with E-state index in [0.717, 1.165) is 18.4 Å². The minimum absolute atomic E-state index is 0.00794. The average molecular weight is 495 g/mol. The van der Waals surface area contributed by atoms with Crippen LogP contribution in [0.4, 0.5) is 4.39 Å². The third-order valence-electron chi connectivity index (χ3n) is 6.48. The maximum atomic E-state index is 13.6. The van der Waals surface area contributed by atoms with Crippen LogP contribution in [0.3, 0.4) is 0 Å². The maximum absolute atomic E-state index is 13.6. The topological polar surface area (TPSA) is 49.9 Å². The lowest BCUT2D eigenvalue weighted by Gasteiger charge is -2.37. The van der Waals surface area contributed by atoms with Crippen LogP contribution in [-0.4, -0.2) is 47.9 Å². The Balaban J connectivity index is 1.54. The highest BCUT2D eigenvalue weighted by atomic mass is 32.1. The third kappa shape index (κ3) is 6.09. The fourth-order valence-electron chi connectivity index (χ4n) is 4.35. The lowest BCUT2D eigenvalue weighted by Crippen LogP contribution is -2.48. The number of amides is 2. The van der Waals surface area contributed by atoms with Crippen molar-refractivity contribution in [3.05, 3.63) is 87.9 Å². The zero-order chi connectivity index (χ0) is 24.8. The summed E-state index contributed by atoms with van der Waals surface area (Å²) in [7, 11) is 0. The highest BCUT2D eigenvalue weighted by molar-refractivity contribution is 7.10. The van der Waals surface area contributed by atoms with Gasteiger partial charge in [-0.2, -0.15) is 0 Å². The molecule has 1 aliphatic rings. The van der Waals surface area contributed by atoms with E-state index in [9.17, 15) is 14.0 Å². The van der Waals surface area contributed by atoms with Crippen LogP contribution >= 0.6 is 11.3 Å². The summed E-state index contributed by atoms with van der Waals surface area (Å²) in [5.41, 5.74) is 1.64. The molecular weight excluding hydrogens is 463 g/mol. The van der Waals surface area contributed by atoms with Crippen molar-refractivity contribution in [3.8, 4) is 5.75 Å². The molecule has 0 bridgehead atoms. The fraction of sp³-hybridized carbons (Fsp3) is 0.357. The van der Waals surface area contributed by atoms with Crippen molar-refractivity contribution in [2.75, 3.05) is 26.2 Å². The van der Waals surface area contributed by atoms with E-state index in [2.05, 4.69) is 13.8 Å². The van der Waals surface area contributed by atoms with Gasteiger partial charge in [0.25, 0.3) is 5.91 Å². The molecule has 0 N–H and O–H groups in total. The normalized spacial score (nSPS) is 15.9. The number of rotatable bonds is 9. The van der Waals surface area contributed by atoms with Crippen LogP contribution in [0.2, 0.25) is 0 Å². The van der Waals surface area contributed by atoms with Gasteiger partial charge in [-0.25, -0.2) is 4.39 Å². The van der Waals surface area contributed by atoms with Crippen molar-refractivity contribution in [3.63, 3.8) is 0 Å². The summed E-state index contributed by atoms with van der Waals surface area (Å²) in [5.74, 6) is 0.0857. The van der Waals surface area contributed by atoms with Gasteiger partial charge in [0.1, 0.15) is 24.7 Å². The number of nitrogens with zero attached hydrogens (tertiary/aromatic N) is 2. The second kappa shape index (κ2) is 11.5. The predicted octanol–water partition coefficient (Wildman–Crippen LogP) is 5.58. The first-order valence-electron chi connectivity index (χ1n) is 12.0. The molecule has 2 aromatic carbocycles. The first kappa shape index (κ1) is 24.9. The van der Waals surface area contributed by atoms with Crippen molar-refractivity contribution in [2.24, 2.45) is 5.92 Å². The van der Waals surface area contributed by atoms with E-state index < -0.39 is 0 Å². The molecular formula is C28H31FN2O3S. The van der Waals surface area contributed by atoms with Crippen LogP contribution < -0.4 is 4.74 Å². The largest absolute Gasteiger partial charge is 0.491 e. The highest BCUT2D eigenvalue weighted by Crippen LogP contribution is 2.34. The SMILES string of the molecule is CC[C@H](C)CN(CC(=O)N1CCc2sccc2[C@@H]1COc1cccc(F)c1)C(=O)c1ccccc1. The molecule has 0 unspecified atom stereocenters. The Hall–Kier alpha value is -3.19. The Bertz CT molecular complexity index is 1150. The summed E-state index contributed by atoms with van der Waals surface area (Å²) < 4.78 is 19.6. The van der Waals surface area contributed by atoms with Gasteiger partial charge in [-0.15, -0.1) is 11.3 Å². The Labute approximate surface area is 210 Å². The first-order chi connectivity index (χ1) is 17.0. The summed E-state index contributed by atoms with van der Waals surface area (Å²) in [6.45, 7) is 5.47. The van der Waals surface area contributed by atoms with Gasteiger partial charge in [-0.05, 0) is 53.6 Å². The van der Waals surface area contributed by atoms with E-state index in [0.29, 0.717) is 24.4 Å². The summed E-state index contributed by atoms with van der Waals surface area (Å²) in [5, 5.41) is 2.03. The molecule has 0 fully saturated rings. The molecule has 7 heteroatoms. The first-order valence-corrected chi connectivity index (χ1v) is 12.9. The molecule has 184 valence electrons. The quantitative estimate of drug-likeness (QED) is 0.390. The second-order valence-electron chi connectivity index (χ2n) is 8.99. The summed E-state index contributed by atoms with van der Waals surface area (Å²) in [6, 6.07) is 16.9. The van der Waals surface area contributed by atoms with Crippen molar-refractivity contribution in [1.29, 1.82) is 0 Å². The number of ether oxygens (including phenoxy) is 1. The van der Waals surface area contributed by atoms with Gasteiger partial charge in [0.2, 0.25) is 5.91 Å². The van der Waals surface area contributed by atoms with Gasteiger partial charge in [0.15, 0.2) is 0 Å². The second-order valence-corrected chi connectivity index (χ2v) is 9.99. The van der Waals surface area contributed by atoms with E-state index in [1.807, 2.05) is 34.5 Å². The molecule has 0 saturated carbocycles. The molecule has 2 heterocycles. The van der Waals surface area contributed by atoms with Crippen molar-refractivity contribution in [2.45, 2.75) is 32.7 Å². The highest BCUT2D eigenvalue weighted by Gasteiger charge is 2.34. The number of thiophene rings is 1. The molecule has 4 rings (SSSR count). The van der Waals surface area contributed by atoms with Gasteiger partial charge in [-0.3, -0.25) is 9.59 Å². The van der Waals surface area contributed by atoms with Crippen LogP contribution in [0.5, 0.6) is 5.75 Å². The molecule has 0 radical (unpaired) electrons. The van der Waals surface area contributed by atoms with E-state index in [1.165, 1.54) is 17.0 Å². The van der Waals surface area contributed by atoms with Crippen molar-refractivity contribution >= 4 is 23.2 Å². The number of carbonyl (C=O) groups excluding carboxylic acids is 2. The van der Waals surface area contributed by atoms with Crippen LogP contribution in [0.25, 0.3) is 0 Å². The van der Waals surface area contributed by atoms with E-state index in [-0.39, 0.29) is 42.7 Å². The molecule has 35 heavy (non-hydrogen) atoms. The molecule has 2 atom stereocenters. The average Bonchev–Trinajstić information content (AvgIpc) is 3.36. The zero-order valence-corrected chi connectivity index (χ0v) is 21.0. The van der Waals surface area contributed by atoms with Crippen LogP contribution in [0, 0.1) is 11.7 Å². The van der Waals surface area contributed by atoms with Crippen LogP contribution in [-0.2, 0) is 11.2 Å². The molecule has 0 aliphatic carbocycles. The van der Waals surface area contributed by atoms with Crippen LogP contribution in [0.1, 0.15) is 47.1 Å². The Morgan fingerprint density at radius 2 is 1.97 bits per heavy atom. The summed E-state index contributed by atoms with van der Waals surface area (Å²) >= 11 is 1.68. The number of hydrogen-bond acceptors (Lipinski definition) is 4. The minimum atomic E-state index is -0.365. The standard InChI is InChI=1S/C28H31FN2O3S/c1-3-20(2)17-30(28(33)21-8-5-4-6-9-21)18-27(32)31-14-12-26-24(13-15-35-26)25(31)19-34-23-11-7-10-22(29)16-23/h4-11,13,15-16,20,25H,3,12,14,17-19H2,1-2H3/t20-,25-/m0/s1. The van der Waals surface area contributed by atoms with Crippen LogP contribution in [0.15, 0.2) is 66.0 Å². The Morgan fingerprint density at radius 3 is 2.71 bits per heavy atom. The number of hydrogen-bond donors (Lipinski definition) is 0. The minimum Gasteiger partial charge on any atom is -0.491 e. The predicted molar refractivity (Wildman–Crippen MR) is 136 cm³/mol. The molecule has 3 aromatic rings. The molecule has 0 spiro atoms. The maximum Gasteiger partial charge on any atom is 0.254 e. The number of fused-ring (bicyclic) bond motifs is 1. The lowest BCUT2D eigenvalue weighted by molar-refractivity contribution is -0.135. The number of halogens is 1. The molecule has 2 amide bonds. The smallest absolute Gasteiger partial charge is 0.254 e. The van der Waals surface area contributed by atoms with E-state index in [4.69, 9.17) is 4.74 Å². The monoisotopic (exact) mass is 494 g/mol. The third-order valence-corrected chi connectivity index (χ3v) is 7.48.